The largest absolute Gasteiger partial charge is 0.492 e. The van der Waals surface area contributed by atoms with Crippen LogP contribution in [-0.2, 0) is 9.59 Å². The van der Waals surface area contributed by atoms with Crippen LogP contribution in [0, 0.1) is 23.7 Å². The molecule has 0 N–H and O–H groups in total. The lowest BCUT2D eigenvalue weighted by Gasteiger charge is -2.21. The summed E-state index contributed by atoms with van der Waals surface area (Å²) in [6, 6.07) is 4.92. The number of allylic oxidation sites excluding steroid dienone is 2. The Balaban J connectivity index is 1.78. The Bertz CT molecular complexity index is 752. The Kier molecular flexibility index (Phi) is 3.34. The number of carbonyl (C=O) groups excluding carboxylic acids is 3. The number of ketones is 1. The van der Waals surface area contributed by atoms with E-state index in [-0.39, 0.29) is 41.3 Å². The summed E-state index contributed by atoms with van der Waals surface area (Å²) in [6.45, 7) is 3.73. The van der Waals surface area contributed by atoms with Gasteiger partial charge in [0.25, 0.3) is 0 Å². The van der Waals surface area contributed by atoms with E-state index in [0.717, 1.165) is 6.42 Å². The monoisotopic (exact) mass is 325 g/mol. The van der Waals surface area contributed by atoms with Crippen LogP contribution in [0.4, 0.5) is 5.69 Å². The topological polar surface area (TPSA) is 63.7 Å². The second kappa shape index (κ2) is 5.30. The average Bonchev–Trinajstić information content (AvgIpc) is 3.22. The zero-order chi connectivity index (χ0) is 17.0. The van der Waals surface area contributed by atoms with Gasteiger partial charge in [-0.05, 0) is 50.3 Å². The molecule has 1 saturated carbocycles. The molecule has 4 atom stereocenters. The molecule has 2 bridgehead atoms. The lowest BCUT2D eigenvalue weighted by Crippen LogP contribution is -2.33. The molecule has 1 aliphatic heterocycles. The molecule has 1 heterocycles. The molecule has 124 valence electrons. The van der Waals surface area contributed by atoms with E-state index in [1.165, 1.54) is 11.8 Å². The first-order chi connectivity index (χ1) is 11.5. The number of hydrogen-bond acceptors (Lipinski definition) is 4. The average molecular weight is 325 g/mol. The fourth-order valence-corrected chi connectivity index (χ4v) is 4.33. The third kappa shape index (κ3) is 1.97. The summed E-state index contributed by atoms with van der Waals surface area (Å²) in [5, 5.41) is 0. The number of rotatable bonds is 4. The highest BCUT2D eigenvalue weighted by Crippen LogP contribution is 2.53. The zero-order valence-electron chi connectivity index (χ0n) is 13.7. The van der Waals surface area contributed by atoms with Gasteiger partial charge in [-0.15, -0.1) is 0 Å². The highest BCUT2D eigenvalue weighted by atomic mass is 16.5. The van der Waals surface area contributed by atoms with Crippen molar-refractivity contribution in [1.29, 1.82) is 0 Å². The number of ether oxygens (including phenoxy) is 1. The van der Waals surface area contributed by atoms with Gasteiger partial charge in [-0.3, -0.25) is 14.4 Å². The predicted octanol–water partition coefficient (Wildman–Crippen LogP) is 2.60. The summed E-state index contributed by atoms with van der Waals surface area (Å²) < 4.78 is 5.60. The van der Waals surface area contributed by atoms with Gasteiger partial charge in [0, 0.05) is 5.56 Å². The van der Waals surface area contributed by atoms with E-state index in [2.05, 4.69) is 12.2 Å². The van der Waals surface area contributed by atoms with Gasteiger partial charge in [0.15, 0.2) is 5.78 Å². The molecule has 1 saturated heterocycles. The smallest absolute Gasteiger partial charge is 0.238 e. The van der Waals surface area contributed by atoms with Crippen molar-refractivity contribution in [2.24, 2.45) is 23.7 Å². The fraction of sp³-hybridized carbons (Fsp3) is 0.421. The van der Waals surface area contributed by atoms with E-state index < -0.39 is 0 Å². The predicted molar refractivity (Wildman–Crippen MR) is 87.8 cm³/mol. The first kappa shape index (κ1) is 15.1. The van der Waals surface area contributed by atoms with Gasteiger partial charge >= 0.3 is 0 Å². The Morgan fingerprint density at radius 1 is 1.17 bits per heavy atom. The second-order valence-electron chi connectivity index (χ2n) is 6.68. The number of benzene rings is 1. The maximum Gasteiger partial charge on any atom is 0.238 e. The molecule has 1 aromatic rings. The SMILES string of the molecule is CCOc1ccc(C(C)=O)cc1N1C(=O)[C@@H]2[C@@H](C1=O)[C@H]1C=C[C@@H]2C1. The number of amides is 2. The number of imide groups is 1. The minimum absolute atomic E-state index is 0.111. The highest BCUT2D eigenvalue weighted by Gasteiger charge is 2.59. The Morgan fingerprint density at radius 2 is 1.79 bits per heavy atom. The van der Waals surface area contributed by atoms with Gasteiger partial charge in [0.2, 0.25) is 11.8 Å². The summed E-state index contributed by atoms with van der Waals surface area (Å²) in [5.74, 6) is -0.177. The van der Waals surface area contributed by atoms with Crippen LogP contribution in [0.15, 0.2) is 30.4 Å². The standard InChI is InChI=1S/C19H19NO4/c1-3-24-15-7-6-11(10(2)21)9-14(15)20-18(22)16-12-4-5-13(8-12)17(16)19(20)23/h4-7,9,12-13,16-17H,3,8H2,1-2H3/t12-,13+,16-,17-/m0/s1. The quantitative estimate of drug-likeness (QED) is 0.485. The van der Waals surface area contributed by atoms with Crippen molar-refractivity contribution >= 4 is 23.3 Å². The Hall–Kier alpha value is -2.43. The summed E-state index contributed by atoms with van der Waals surface area (Å²) in [5.41, 5.74) is 0.862. The van der Waals surface area contributed by atoms with Crippen LogP contribution in [0.3, 0.4) is 0 Å². The lowest BCUT2D eigenvalue weighted by atomic mass is 9.85. The molecule has 2 aliphatic carbocycles. The molecule has 2 fully saturated rings. The number of fused-ring (bicyclic) bond motifs is 5. The van der Waals surface area contributed by atoms with Crippen molar-refractivity contribution in [1.82, 2.24) is 0 Å². The molecule has 4 rings (SSSR count). The maximum atomic E-state index is 13.0. The van der Waals surface area contributed by atoms with Gasteiger partial charge in [-0.1, -0.05) is 12.2 Å². The summed E-state index contributed by atoms with van der Waals surface area (Å²) in [7, 11) is 0. The molecule has 0 radical (unpaired) electrons. The minimum Gasteiger partial charge on any atom is -0.492 e. The Labute approximate surface area is 140 Å². The van der Waals surface area contributed by atoms with Crippen LogP contribution in [0.5, 0.6) is 5.75 Å². The summed E-state index contributed by atoms with van der Waals surface area (Å²) >= 11 is 0. The minimum atomic E-state index is -0.261. The Morgan fingerprint density at radius 3 is 2.33 bits per heavy atom. The van der Waals surface area contributed by atoms with Crippen LogP contribution >= 0.6 is 0 Å². The molecule has 5 nitrogen and oxygen atoms in total. The molecule has 0 aromatic heterocycles. The van der Waals surface area contributed by atoms with E-state index in [4.69, 9.17) is 4.74 Å². The van der Waals surface area contributed by atoms with Gasteiger partial charge in [-0.25, -0.2) is 4.90 Å². The van der Waals surface area contributed by atoms with Crippen molar-refractivity contribution < 1.29 is 19.1 Å². The first-order valence-electron chi connectivity index (χ1n) is 8.36. The van der Waals surface area contributed by atoms with Crippen LogP contribution in [-0.4, -0.2) is 24.2 Å². The van der Waals surface area contributed by atoms with Crippen LogP contribution in [0.2, 0.25) is 0 Å². The van der Waals surface area contributed by atoms with E-state index in [0.29, 0.717) is 23.6 Å². The van der Waals surface area contributed by atoms with Gasteiger partial charge in [-0.2, -0.15) is 0 Å². The van der Waals surface area contributed by atoms with E-state index in [1.54, 1.807) is 18.2 Å². The number of nitrogens with zero attached hydrogens (tertiary/aromatic N) is 1. The van der Waals surface area contributed by atoms with Crippen molar-refractivity contribution in [3.05, 3.63) is 35.9 Å². The molecule has 1 aromatic carbocycles. The zero-order valence-corrected chi connectivity index (χ0v) is 13.7. The molecular formula is C19H19NO4. The molecule has 0 spiro atoms. The second-order valence-corrected chi connectivity index (χ2v) is 6.68. The van der Waals surface area contributed by atoms with Crippen molar-refractivity contribution in [3.8, 4) is 5.75 Å². The van der Waals surface area contributed by atoms with Crippen molar-refractivity contribution in [2.75, 3.05) is 11.5 Å². The van der Waals surface area contributed by atoms with Crippen LogP contribution < -0.4 is 9.64 Å². The highest BCUT2D eigenvalue weighted by molar-refractivity contribution is 6.23. The van der Waals surface area contributed by atoms with Gasteiger partial charge < -0.3 is 4.74 Å². The van der Waals surface area contributed by atoms with Crippen LogP contribution in [0.1, 0.15) is 30.6 Å². The molecule has 0 unspecified atom stereocenters. The number of carbonyl (C=O) groups is 3. The summed E-state index contributed by atoms with van der Waals surface area (Å²) in [6.07, 6.45) is 5.03. The molecule has 5 heteroatoms. The fourth-order valence-electron chi connectivity index (χ4n) is 4.33. The van der Waals surface area contributed by atoms with E-state index >= 15 is 0 Å². The van der Waals surface area contributed by atoms with Gasteiger partial charge in [0.1, 0.15) is 5.75 Å². The first-order valence-corrected chi connectivity index (χ1v) is 8.36. The third-order valence-corrected chi connectivity index (χ3v) is 5.38. The third-order valence-electron chi connectivity index (χ3n) is 5.38. The molecule has 3 aliphatic rings. The summed E-state index contributed by atoms with van der Waals surface area (Å²) in [4.78, 5) is 38.9. The van der Waals surface area contributed by atoms with Gasteiger partial charge in [0.05, 0.1) is 24.1 Å². The van der Waals surface area contributed by atoms with Crippen molar-refractivity contribution in [3.63, 3.8) is 0 Å². The van der Waals surface area contributed by atoms with Crippen LogP contribution in [0.25, 0.3) is 0 Å². The normalized spacial score (nSPS) is 30.2. The van der Waals surface area contributed by atoms with E-state index in [1.807, 2.05) is 6.92 Å². The van der Waals surface area contributed by atoms with Crippen molar-refractivity contribution in [2.45, 2.75) is 20.3 Å². The molecule has 24 heavy (non-hydrogen) atoms. The van der Waals surface area contributed by atoms with E-state index in [9.17, 15) is 14.4 Å². The lowest BCUT2D eigenvalue weighted by molar-refractivity contribution is -0.123. The molecule has 2 amide bonds. The molecular weight excluding hydrogens is 306 g/mol. The number of Topliss-reactive ketones (excluding diaryl/α,β-unsaturated/α-hetero) is 1. The number of hydrogen-bond donors (Lipinski definition) is 0. The maximum absolute atomic E-state index is 13.0. The number of anilines is 1.